The van der Waals surface area contributed by atoms with Gasteiger partial charge in [-0.05, 0) is 12.8 Å². The van der Waals surface area contributed by atoms with Crippen molar-refractivity contribution in [3.8, 4) is 0 Å². The average molecular weight is 303 g/mol. The van der Waals surface area contributed by atoms with Gasteiger partial charge in [-0.1, -0.05) is 65.2 Å². The molecule has 0 spiro atoms. The van der Waals surface area contributed by atoms with Crippen molar-refractivity contribution < 1.29 is 4.74 Å². The number of nitrogens with two attached hydrogens (primary N) is 4. The molecule has 0 saturated heterocycles. The first-order valence-electron chi connectivity index (χ1n) is 8.70. The molecule has 5 nitrogen and oxygen atoms in total. The minimum atomic E-state index is -0.525. The van der Waals surface area contributed by atoms with E-state index < -0.39 is 12.5 Å². The molecule has 21 heavy (non-hydrogen) atoms. The molecule has 8 N–H and O–H groups in total. The molecule has 0 heterocycles. The highest BCUT2D eigenvalue weighted by molar-refractivity contribution is 4.74. The zero-order chi connectivity index (χ0) is 16.1. The molecule has 5 heteroatoms. The van der Waals surface area contributed by atoms with Crippen LogP contribution >= 0.6 is 0 Å². The van der Waals surface area contributed by atoms with Crippen molar-refractivity contribution in [1.82, 2.24) is 0 Å². The first-order chi connectivity index (χ1) is 10.0. The number of rotatable bonds is 14. The van der Waals surface area contributed by atoms with Gasteiger partial charge in [0.05, 0.1) is 0 Å². The monoisotopic (exact) mass is 302 g/mol. The van der Waals surface area contributed by atoms with E-state index in [1.54, 1.807) is 0 Å². The van der Waals surface area contributed by atoms with Gasteiger partial charge >= 0.3 is 0 Å². The van der Waals surface area contributed by atoms with Crippen molar-refractivity contribution in [2.24, 2.45) is 22.9 Å². The lowest BCUT2D eigenvalue weighted by Gasteiger charge is -2.27. The van der Waals surface area contributed by atoms with E-state index in [0.717, 1.165) is 25.7 Å². The van der Waals surface area contributed by atoms with Crippen molar-refractivity contribution in [3.05, 3.63) is 0 Å². The second-order valence-corrected chi connectivity index (χ2v) is 6.09. The quantitative estimate of drug-likeness (QED) is 0.290. The zero-order valence-corrected chi connectivity index (χ0v) is 14.1. The number of unbranched alkanes of at least 4 members (excludes halogenated alkanes) is 6. The molecule has 0 rings (SSSR count). The second kappa shape index (κ2) is 13.5. The van der Waals surface area contributed by atoms with Crippen molar-refractivity contribution in [3.63, 3.8) is 0 Å². The topological polar surface area (TPSA) is 113 Å². The normalized spacial score (nSPS) is 17.4. The molecule has 0 amide bonds. The summed E-state index contributed by atoms with van der Waals surface area (Å²) < 4.78 is 5.59. The first kappa shape index (κ1) is 20.8. The van der Waals surface area contributed by atoms with E-state index in [-0.39, 0.29) is 12.1 Å². The Balaban J connectivity index is 3.81. The smallest absolute Gasteiger partial charge is 0.123 e. The summed E-state index contributed by atoms with van der Waals surface area (Å²) >= 11 is 0. The molecule has 0 radical (unpaired) electrons. The van der Waals surface area contributed by atoms with E-state index in [1.807, 2.05) is 0 Å². The molecule has 0 aliphatic heterocycles. The third-order valence-corrected chi connectivity index (χ3v) is 3.94. The lowest BCUT2D eigenvalue weighted by atomic mass is 10.1. The minimum Gasteiger partial charge on any atom is -0.342 e. The molecule has 0 aromatic carbocycles. The van der Waals surface area contributed by atoms with Gasteiger partial charge in [0.1, 0.15) is 12.5 Å². The summed E-state index contributed by atoms with van der Waals surface area (Å²) in [6.07, 6.45) is 10.2. The van der Waals surface area contributed by atoms with Crippen LogP contribution in [0.15, 0.2) is 0 Å². The summed E-state index contributed by atoms with van der Waals surface area (Å²) in [6.45, 7) is 4.38. The molecule has 0 aliphatic rings. The fraction of sp³-hybridized carbons (Fsp3) is 1.00. The molecule has 0 aromatic heterocycles. The highest BCUT2D eigenvalue weighted by Crippen LogP contribution is 2.10. The predicted octanol–water partition coefficient (Wildman–Crippen LogP) is 2.17. The summed E-state index contributed by atoms with van der Waals surface area (Å²) in [4.78, 5) is 0. The van der Waals surface area contributed by atoms with Crippen LogP contribution in [0.1, 0.15) is 78.1 Å². The van der Waals surface area contributed by atoms with E-state index in [1.165, 1.54) is 38.5 Å². The van der Waals surface area contributed by atoms with Crippen LogP contribution < -0.4 is 22.9 Å². The number of ether oxygens (including phenoxy) is 1. The summed E-state index contributed by atoms with van der Waals surface area (Å²) in [6, 6.07) is -0.333. The Morgan fingerprint density at radius 3 is 1.33 bits per heavy atom. The van der Waals surface area contributed by atoms with Gasteiger partial charge in [0.2, 0.25) is 0 Å². The standard InChI is InChI=1S/C16H38N4O/c1-3-5-7-9-11-13(17)15(19)21-16(20)14(18)12-10-8-6-4-2/h13-16H,3-12,17-20H2,1-2H3. The van der Waals surface area contributed by atoms with Gasteiger partial charge in [-0.15, -0.1) is 0 Å². The molecule has 4 atom stereocenters. The van der Waals surface area contributed by atoms with Gasteiger partial charge in [0, 0.05) is 12.1 Å². The van der Waals surface area contributed by atoms with Gasteiger partial charge in [0.15, 0.2) is 0 Å². The Morgan fingerprint density at radius 1 is 0.619 bits per heavy atom. The fourth-order valence-corrected chi connectivity index (χ4v) is 2.33. The van der Waals surface area contributed by atoms with E-state index in [9.17, 15) is 0 Å². The van der Waals surface area contributed by atoms with E-state index in [2.05, 4.69) is 13.8 Å². The lowest BCUT2D eigenvalue weighted by Crippen LogP contribution is -2.52. The third-order valence-electron chi connectivity index (χ3n) is 3.94. The third kappa shape index (κ3) is 11.1. The summed E-state index contributed by atoms with van der Waals surface area (Å²) in [7, 11) is 0. The zero-order valence-electron chi connectivity index (χ0n) is 14.1. The van der Waals surface area contributed by atoms with Crippen LogP contribution in [-0.4, -0.2) is 24.5 Å². The van der Waals surface area contributed by atoms with Crippen LogP contribution in [0.25, 0.3) is 0 Å². The van der Waals surface area contributed by atoms with Crippen LogP contribution in [0.4, 0.5) is 0 Å². The average Bonchev–Trinajstić information content (AvgIpc) is 2.47. The SMILES string of the molecule is CCCCCCC(N)C(N)OC(N)C(N)CCCCCC. The van der Waals surface area contributed by atoms with Crippen LogP contribution in [0.5, 0.6) is 0 Å². The second-order valence-electron chi connectivity index (χ2n) is 6.09. The Morgan fingerprint density at radius 2 is 1.00 bits per heavy atom. The molecule has 4 unspecified atom stereocenters. The van der Waals surface area contributed by atoms with E-state index in [4.69, 9.17) is 27.7 Å². The highest BCUT2D eigenvalue weighted by atomic mass is 16.5. The largest absolute Gasteiger partial charge is 0.342 e. The Labute approximate surface area is 131 Å². The van der Waals surface area contributed by atoms with E-state index >= 15 is 0 Å². The molecule has 0 fully saturated rings. The first-order valence-corrected chi connectivity index (χ1v) is 8.70. The van der Waals surface area contributed by atoms with Crippen LogP contribution in [-0.2, 0) is 4.74 Å². The van der Waals surface area contributed by atoms with E-state index in [0.29, 0.717) is 0 Å². The fourth-order valence-electron chi connectivity index (χ4n) is 2.33. The summed E-state index contributed by atoms with van der Waals surface area (Å²) in [5.74, 6) is 0. The molecule has 0 bridgehead atoms. The maximum Gasteiger partial charge on any atom is 0.123 e. The van der Waals surface area contributed by atoms with Crippen LogP contribution in [0, 0.1) is 0 Å². The number of hydrogen-bond donors (Lipinski definition) is 4. The van der Waals surface area contributed by atoms with Gasteiger partial charge < -0.3 is 27.7 Å². The van der Waals surface area contributed by atoms with Crippen molar-refractivity contribution in [1.29, 1.82) is 0 Å². The minimum absolute atomic E-state index is 0.166. The molecule has 0 aliphatic carbocycles. The maximum atomic E-state index is 6.04. The van der Waals surface area contributed by atoms with Gasteiger partial charge in [-0.25, -0.2) is 0 Å². The van der Waals surface area contributed by atoms with Gasteiger partial charge in [-0.3, -0.25) is 0 Å². The van der Waals surface area contributed by atoms with Crippen molar-refractivity contribution in [2.75, 3.05) is 0 Å². The highest BCUT2D eigenvalue weighted by Gasteiger charge is 2.20. The maximum absolute atomic E-state index is 6.04. The van der Waals surface area contributed by atoms with Gasteiger partial charge in [0.25, 0.3) is 0 Å². The predicted molar refractivity (Wildman–Crippen MR) is 90.5 cm³/mol. The molecule has 0 saturated carbocycles. The number of hydrogen-bond acceptors (Lipinski definition) is 5. The van der Waals surface area contributed by atoms with Crippen LogP contribution in [0.2, 0.25) is 0 Å². The molecular formula is C16H38N4O. The van der Waals surface area contributed by atoms with Crippen LogP contribution in [0.3, 0.4) is 0 Å². The van der Waals surface area contributed by atoms with Gasteiger partial charge in [-0.2, -0.15) is 0 Å². The summed E-state index contributed by atoms with van der Waals surface area (Å²) in [5, 5.41) is 0. The molecule has 0 aromatic rings. The molecular weight excluding hydrogens is 264 g/mol. The Bertz CT molecular complexity index is 206. The Kier molecular flexibility index (Phi) is 13.3. The lowest BCUT2D eigenvalue weighted by molar-refractivity contribution is -0.0332. The summed E-state index contributed by atoms with van der Waals surface area (Å²) in [5.41, 5.74) is 24.0. The molecule has 128 valence electrons. The van der Waals surface area contributed by atoms with Crippen molar-refractivity contribution in [2.45, 2.75) is 103 Å². The Hall–Kier alpha value is -0.200. The van der Waals surface area contributed by atoms with Crippen molar-refractivity contribution >= 4 is 0 Å².